The molecule has 168 valence electrons. The molecule has 0 heterocycles. The van der Waals surface area contributed by atoms with E-state index in [1.165, 1.54) is 5.56 Å². The molecule has 1 aromatic carbocycles. The molecule has 1 rings (SSSR count). The summed E-state index contributed by atoms with van der Waals surface area (Å²) in [5, 5.41) is 0. The van der Waals surface area contributed by atoms with E-state index < -0.39 is 18.1 Å². The average Bonchev–Trinajstić information content (AvgIpc) is 2.72. The van der Waals surface area contributed by atoms with Crippen molar-refractivity contribution >= 4 is 18.1 Å². The maximum atomic E-state index is 6.07. The minimum absolute atomic E-state index is 0.378. The zero-order valence-corrected chi connectivity index (χ0v) is 21.3. The SMILES string of the molecule is CCO[SiH](OCC)C(CCCCC[Si](OCC)(OCC)OCC)c1ccccc1. The average molecular weight is 443 g/mol. The van der Waals surface area contributed by atoms with Gasteiger partial charge in [0.05, 0.1) is 0 Å². The van der Waals surface area contributed by atoms with Crippen LogP contribution < -0.4 is 0 Å². The van der Waals surface area contributed by atoms with Crippen LogP contribution in [0.25, 0.3) is 0 Å². The summed E-state index contributed by atoms with van der Waals surface area (Å²) in [5.41, 5.74) is 1.72. The maximum absolute atomic E-state index is 6.07. The largest absolute Gasteiger partial charge is 0.500 e. The topological polar surface area (TPSA) is 46.2 Å². The van der Waals surface area contributed by atoms with Crippen LogP contribution in [0.2, 0.25) is 6.04 Å². The molecule has 0 aliphatic heterocycles. The van der Waals surface area contributed by atoms with Gasteiger partial charge in [0.15, 0.2) is 0 Å². The molecule has 29 heavy (non-hydrogen) atoms. The van der Waals surface area contributed by atoms with Gasteiger partial charge in [0, 0.05) is 44.6 Å². The minimum atomic E-state index is -2.52. The highest BCUT2D eigenvalue weighted by molar-refractivity contribution is 6.60. The Morgan fingerprint density at radius 2 is 1.28 bits per heavy atom. The number of unbranched alkanes of at least 4 members (excludes halogenated alkanes) is 2. The van der Waals surface area contributed by atoms with E-state index in [0.29, 0.717) is 38.6 Å². The van der Waals surface area contributed by atoms with E-state index in [2.05, 4.69) is 44.2 Å². The number of benzene rings is 1. The van der Waals surface area contributed by atoms with Gasteiger partial charge in [-0.1, -0.05) is 43.2 Å². The van der Waals surface area contributed by atoms with Crippen LogP contribution in [-0.4, -0.2) is 51.1 Å². The monoisotopic (exact) mass is 442 g/mol. The Morgan fingerprint density at radius 1 is 0.724 bits per heavy atom. The van der Waals surface area contributed by atoms with E-state index in [0.717, 1.165) is 31.7 Å². The van der Waals surface area contributed by atoms with Gasteiger partial charge in [-0.05, 0) is 53.0 Å². The fraction of sp³-hybridized carbons (Fsp3) is 0.727. The second kappa shape index (κ2) is 16.2. The summed E-state index contributed by atoms with van der Waals surface area (Å²) in [6.07, 6.45) is 4.42. The molecule has 0 saturated carbocycles. The summed E-state index contributed by atoms with van der Waals surface area (Å²) in [7, 11) is -4.28. The lowest BCUT2D eigenvalue weighted by atomic mass is 10.1. The molecular weight excluding hydrogens is 400 g/mol. The van der Waals surface area contributed by atoms with Crippen molar-refractivity contribution in [2.24, 2.45) is 0 Å². The fourth-order valence-corrected chi connectivity index (χ4v) is 8.60. The first-order valence-corrected chi connectivity index (χ1v) is 14.9. The van der Waals surface area contributed by atoms with Crippen molar-refractivity contribution < 1.29 is 22.1 Å². The van der Waals surface area contributed by atoms with Crippen molar-refractivity contribution in [3.05, 3.63) is 35.9 Å². The van der Waals surface area contributed by atoms with Gasteiger partial charge in [0.1, 0.15) is 0 Å². The molecule has 1 unspecified atom stereocenters. The third kappa shape index (κ3) is 9.87. The number of rotatable bonds is 18. The van der Waals surface area contributed by atoms with E-state index >= 15 is 0 Å². The molecule has 5 nitrogen and oxygen atoms in total. The second-order valence-electron chi connectivity index (χ2n) is 6.88. The van der Waals surface area contributed by atoms with Crippen LogP contribution >= 0.6 is 0 Å². The van der Waals surface area contributed by atoms with Gasteiger partial charge in [-0.2, -0.15) is 0 Å². The van der Waals surface area contributed by atoms with E-state index in [9.17, 15) is 0 Å². The Hall–Kier alpha value is -0.546. The van der Waals surface area contributed by atoms with Crippen molar-refractivity contribution in [2.45, 2.75) is 71.9 Å². The van der Waals surface area contributed by atoms with Crippen LogP contribution in [0.3, 0.4) is 0 Å². The normalized spacial score (nSPS) is 13.2. The highest BCUT2D eigenvalue weighted by Gasteiger charge is 2.39. The van der Waals surface area contributed by atoms with Gasteiger partial charge < -0.3 is 22.1 Å². The second-order valence-corrected chi connectivity index (χ2v) is 11.8. The molecule has 0 N–H and O–H groups in total. The first-order chi connectivity index (χ1) is 14.2. The van der Waals surface area contributed by atoms with E-state index in [1.807, 2.05) is 20.8 Å². The van der Waals surface area contributed by atoms with Crippen molar-refractivity contribution in [3.63, 3.8) is 0 Å². The van der Waals surface area contributed by atoms with Crippen LogP contribution in [0.5, 0.6) is 0 Å². The standard InChI is InChI=1S/C22H42O5Si2/c1-6-23-28(24-7-2)22(21-17-13-11-14-18-21)19-15-12-16-20-29(25-8-3,26-9-4)27-10-5/h11,13-14,17-18,22,28H,6-10,12,15-16,19-20H2,1-5H3. The summed E-state index contributed by atoms with van der Waals surface area (Å²) in [6, 6.07) is 11.6. The first-order valence-electron chi connectivity index (χ1n) is 11.4. The number of hydrogen-bond donors (Lipinski definition) is 0. The predicted octanol–water partition coefficient (Wildman–Crippen LogP) is 5.21. The van der Waals surface area contributed by atoms with Crippen molar-refractivity contribution in [3.8, 4) is 0 Å². The van der Waals surface area contributed by atoms with Gasteiger partial charge in [-0.15, -0.1) is 0 Å². The third-order valence-electron chi connectivity index (χ3n) is 4.81. The Morgan fingerprint density at radius 3 is 1.76 bits per heavy atom. The zero-order chi connectivity index (χ0) is 21.4. The summed E-state index contributed by atoms with van der Waals surface area (Å²) in [4.78, 5) is 0. The van der Waals surface area contributed by atoms with Crippen LogP contribution in [0.15, 0.2) is 30.3 Å². The Labute approximate surface area is 181 Å². The van der Waals surface area contributed by atoms with E-state index in [4.69, 9.17) is 22.1 Å². The zero-order valence-electron chi connectivity index (χ0n) is 19.2. The molecule has 0 radical (unpaired) electrons. The lowest BCUT2D eigenvalue weighted by molar-refractivity contribution is 0.0706. The molecule has 0 aliphatic carbocycles. The van der Waals surface area contributed by atoms with Crippen LogP contribution in [0, 0.1) is 0 Å². The molecule has 0 spiro atoms. The smallest absolute Gasteiger partial charge is 0.396 e. The number of hydrogen-bond acceptors (Lipinski definition) is 5. The van der Waals surface area contributed by atoms with Gasteiger partial charge in [0.2, 0.25) is 0 Å². The van der Waals surface area contributed by atoms with Crippen molar-refractivity contribution in [1.29, 1.82) is 0 Å². The molecule has 7 heteroatoms. The summed E-state index contributed by atoms with van der Waals surface area (Å²) in [6.45, 7) is 13.5. The summed E-state index contributed by atoms with van der Waals surface area (Å²) < 4.78 is 30.1. The highest BCUT2D eigenvalue weighted by atomic mass is 28.4. The molecule has 0 aromatic heterocycles. The predicted molar refractivity (Wildman–Crippen MR) is 123 cm³/mol. The van der Waals surface area contributed by atoms with E-state index in [-0.39, 0.29) is 0 Å². The summed E-state index contributed by atoms with van der Waals surface area (Å²) in [5.74, 6) is 0. The Bertz CT molecular complexity index is 480. The summed E-state index contributed by atoms with van der Waals surface area (Å²) >= 11 is 0. The van der Waals surface area contributed by atoms with Gasteiger partial charge in [0.25, 0.3) is 0 Å². The lowest BCUT2D eigenvalue weighted by Crippen LogP contribution is -2.45. The quantitative estimate of drug-likeness (QED) is 0.231. The molecule has 0 fully saturated rings. The van der Waals surface area contributed by atoms with Crippen LogP contribution in [0.1, 0.15) is 71.4 Å². The third-order valence-corrected chi connectivity index (χ3v) is 10.7. The van der Waals surface area contributed by atoms with Gasteiger partial charge in [-0.3, -0.25) is 0 Å². The molecule has 0 aliphatic rings. The lowest BCUT2D eigenvalue weighted by Gasteiger charge is -2.28. The minimum Gasteiger partial charge on any atom is -0.396 e. The van der Waals surface area contributed by atoms with Gasteiger partial charge >= 0.3 is 18.1 Å². The molecular formula is C22H42O5Si2. The van der Waals surface area contributed by atoms with Crippen molar-refractivity contribution in [1.82, 2.24) is 0 Å². The molecule has 0 amide bonds. The highest BCUT2D eigenvalue weighted by Crippen LogP contribution is 2.28. The van der Waals surface area contributed by atoms with Crippen LogP contribution in [-0.2, 0) is 22.1 Å². The Kier molecular flexibility index (Phi) is 14.8. The maximum Gasteiger partial charge on any atom is 0.500 e. The molecule has 0 saturated heterocycles. The molecule has 1 aromatic rings. The van der Waals surface area contributed by atoms with Crippen molar-refractivity contribution in [2.75, 3.05) is 33.0 Å². The molecule has 1 atom stereocenters. The fourth-order valence-electron chi connectivity index (χ4n) is 3.65. The molecule has 0 bridgehead atoms. The first kappa shape index (κ1) is 26.5. The van der Waals surface area contributed by atoms with E-state index in [1.54, 1.807) is 0 Å². The Balaban J connectivity index is 2.65. The van der Waals surface area contributed by atoms with Gasteiger partial charge in [-0.25, -0.2) is 0 Å². The van der Waals surface area contributed by atoms with Crippen LogP contribution in [0.4, 0.5) is 0 Å².